The van der Waals surface area contributed by atoms with Crippen molar-refractivity contribution in [1.82, 2.24) is 5.32 Å². The molecule has 0 aromatic heterocycles. The lowest BCUT2D eigenvalue weighted by atomic mass is 10.1. The number of hydrogen-bond acceptors (Lipinski definition) is 3. The molecule has 2 aromatic carbocycles. The molecule has 0 saturated carbocycles. The first-order valence-corrected chi connectivity index (χ1v) is 8.26. The molecule has 0 unspecified atom stereocenters. The molecule has 1 amide bonds. The van der Waals surface area contributed by atoms with Crippen molar-refractivity contribution in [3.63, 3.8) is 0 Å². The number of nitrogens with two attached hydrogens (primary N) is 1. The molecular weight excluding hydrogens is 342 g/mol. The van der Waals surface area contributed by atoms with Crippen LogP contribution in [-0.4, -0.2) is 26.2 Å². The number of hydrogen-bond donors (Lipinski definition) is 2. The highest BCUT2D eigenvalue weighted by atomic mass is 19.3. The van der Waals surface area contributed by atoms with Crippen LogP contribution < -0.4 is 20.1 Å². The van der Waals surface area contributed by atoms with Gasteiger partial charge in [-0.3, -0.25) is 4.79 Å². The fraction of sp³-hybridized carbons (Fsp3) is 0.316. The first kappa shape index (κ1) is 19.7. The summed E-state index contributed by atoms with van der Waals surface area (Å²) in [5, 5.41) is 4.75. The predicted octanol–water partition coefficient (Wildman–Crippen LogP) is 2.24. The van der Waals surface area contributed by atoms with E-state index in [4.69, 9.17) is 4.74 Å². The van der Waals surface area contributed by atoms with Gasteiger partial charge in [0.15, 0.2) is 18.0 Å². The number of rotatable bonds is 9. The summed E-state index contributed by atoms with van der Waals surface area (Å²) in [6.45, 7) is -0.316. The average Bonchev–Trinajstić information content (AvgIpc) is 2.65. The van der Waals surface area contributed by atoms with E-state index in [-0.39, 0.29) is 30.0 Å². The molecule has 0 aliphatic carbocycles. The van der Waals surface area contributed by atoms with Gasteiger partial charge in [-0.2, -0.15) is 8.78 Å². The molecule has 0 spiro atoms. The van der Waals surface area contributed by atoms with E-state index in [0.29, 0.717) is 6.54 Å². The van der Waals surface area contributed by atoms with E-state index in [9.17, 15) is 13.6 Å². The van der Waals surface area contributed by atoms with Crippen LogP contribution in [0.2, 0.25) is 0 Å². The number of carbonyl (C=O) groups excluding carboxylic acids is 1. The molecule has 0 radical (unpaired) electrons. The number of ether oxygens (including phenoxy) is 2. The zero-order chi connectivity index (χ0) is 18.9. The molecule has 0 bridgehead atoms. The smallest absolute Gasteiger partial charge is 0.387 e. The third-order valence-corrected chi connectivity index (χ3v) is 3.92. The summed E-state index contributed by atoms with van der Waals surface area (Å²) in [6.07, 6.45) is 0. The van der Waals surface area contributed by atoms with Crippen LogP contribution in [0.15, 0.2) is 48.5 Å². The number of amides is 1. The van der Waals surface area contributed by atoms with Gasteiger partial charge in [0, 0.05) is 12.1 Å². The Bertz CT molecular complexity index is 711. The average molecular weight is 365 g/mol. The summed E-state index contributed by atoms with van der Waals surface area (Å²) in [7, 11) is 1.37. The number of benzene rings is 2. The molecule has 2 aromatic rings. The molecule has 0 aliphatic heterocycles. The van der Waals surface area contributed by atoms with E-state index in [1.807, 2.05) is 42.6 Å². The molecule has 0 fully saturated rings. The lowest BCUT2D eigenvalue weighted by molar-refractivity contribution is -0.682. The highest BCUT2D eigenvalue weighted by Gasteiger charge is 2.13. The fourth-order valence-corrected chi connectivity index (χ4v) is 2.46. The third kappa shape index (κ3) is 6.00. The summed E-state index contributed by atoms with van der Waals surface area (Å²) < 4.78 is 34.1. The number of quaternary nitrogens is 1. The second-order valence-electron chi connectivity index (χ2n) is 5.78. The maximum Gasteiger partial charge on any atom is 0.387 e. The molecule has 1 atom stereocenters. The Hall–Kier alpha value is -2.67. The molecule has 140 valence electrons. The molecule has 0 heterocycles. The van der Waals surface area contributed by atoms with Crippen molar-refractivity contribution in [1.29, 1.82) is 0 Å². The van der Waals surface area contributed by atoms with Crippen molar-refractivity contribution in [3.05, 3.63) is 59.7 Å². The van der Waals surface area contributed by atoms with E-state index in [0.717, 1.165) is 11.1 Å². The van der Waals surface area contributed by atoms with Gasteiger partial charge >= 0.3 is 6.61 Å². The lowest BCUT2D eigenvalue weighted by Crippen LogP contribution is -2.87. The summed E-state index contributed by atoms with van der Waals surface area (Å²) >= 11 is 0. The van der Waals surface area contributed by atoms with Crippen molar-refractivity contribution >= 4 is 5.91 Å². The van der Waals surface area contributed by atoms with Crippen molar-refractivity contribution in [2.45, 2.75) is 26.1 Å². The van der Waals surface area contributed by atoms with Crippen LogP contribution in [0.1, 0.15) is 24.1 Å². The second-order valence-corrected chi connectivity index (χ2v) is 5.78. The van der Waals surface area contributed by atoms with Crippen LogP contribution in [0, 0.1) is 0 Å². The minimum absolute atomic E-state index is 0.0393. The number of nitrogens with one attached hydrogen (secondary N) is 1. The van der Waals surface area contributed by atoms with Crippen LogP contribution in [0.3, 0.4) is 0 Å². The normalized spacial score (nSPS) is 11.9. The summed E-state index contributed by atoms with van der Waals surface area (Å²) in [5.74, 6) is 0.0450. The van der Waals surface area contributed by atoms with E-state index in [2.05, 4.69) is 10.1 Å². The Morgan fingerprint density at radius 2 is 1.88 bits per heavy atom. The molecule has 7 heteroatoms. The SMILES string of the molecule is COc1cc(CNC(=O)C[NH2+][C@@H](C)c2ccccc2)ccc1OC(F)F. The predicted molar refractivity (Wildman–Crippen MR) is 93.1 cm³/mol. The van der Waals surface area contributed by atoms with Gasteiger partial charge in [0.05, 0.1) is 7.11 Å². The minimum atomic E-state index is -2.92. The van der Waals surface area contributed by atoms with Gasteiger partial charge in [0.25, 0.3) is 5.91 Å². The van der Waals surface area contributed by atoms with Crippen molar-refractivity contribution < 1.29 is 28.4 Å². The van der Waals surface area contributed by atoms with Crippen LogP contribution in [-0.2, 0) is 11.3 Å². The van der Waals surface area contributed by atoms with Crippen LogP contribution in [0.25, 0.3) is 0 Å². The highest BCUT2D eigenvalue weighted by molar-refractivity contribution is 5.76. The van der Waals surface area contributed by atoms with Gasteiger partial charge in [-0.25, -0.2) is 0 Å². The van der Waals surface area contributed by atoms with Gasteiger partial charge in [-0.05, 0) is 24.6 Å². The second kappa shape index (κ2) is 9.72. The molecular formula is C19H23F2N2O3+. The quantitative estimate of drug-likeness (QED) is 0.716. The molecule has 2 rings (SSSR count). The minimum Gasteiger partial charge on any atom is -0.493 e. The monoisotopic (exact) mass is 365 g/mol. The first-order valence-electron chi connectivity index (χ1n) is 8.26. The van der Waals surface area contributed by atoms with Crippen molar-refractivity contribution in [2.24, 2.45) is 0 Å². The first-order chi connectivity index (χ1) is 12.5. The summed E-state index contributed by atoms with van der Waals surface area (Å²) in [5.41, 5.74) is 1.88. The number of halogens is 2. The van der Waals surface area contributed by atoms with E-state index in [1.165, 1.54) is 13.2 Å². The van der Waals surface area contributed by atoms with Crippen molar-refractivity contribution in [3.8, 4) is 11.5 Å². The maximum atomic E-state index is 12.3. The largest absolute Gasteiger partial charge is 0.493 e. The van der Waals surface area contributed by atoms with Gasteiger partial charge in [-0.15, -0.1) is 0 Å². The Kier molecular flexibility index (Phi) is 7.35. The number of methoxy groups -OCH3 is 1. The third-order valence-electron chi connectivity index (χ3n) is 3.92. The van der Waals surface area contributed by atoms with Gasteiger partial charge < -0.3 is 20.1 Å². The van der Waals surface area contributed by atoms with Crippen LogP contribution >= 0.6 is 0 Å². The zero-order valence-electron chi connectivity index (χ0n) is 14.7. The molecule has 26 heavy (non-hydrogen) atoms. The maximum absolute atomic E-state index is 12.3. The number of carbonyl (C=O) groups is 1. The fourth-order valence-electron chi connectivity index (χ4n) is 2.46. The van der Waals surface area contributed by atoms with Crippen LogP contribution in [0.4, 0.5) is 8.78 Å². The number of alkyl halides is 2. The molecule has 5 nitrogen and oxygen atoms in total. The van der Waals surface area contributed by atoms with E-state index in [1.54, 1.807) is 12.1 Å². The zero-order valence-corrected chi connectivity index (χ0v) is 14.7. The Morgan fingerprint density at radius 1 is 1.15 bits per heavy atom. The van der Waals surface area contributed by atoms with Gasteiger partial charge in [0.2, 0.25) is 0 Å². The summed E-state index contributed by atoms with van der Waals surface area (Å²) in [6, 6.07) is 14.7. The standard InChI is InChI=1S/C19H22F2N2O3/c1-13(15-6-4-3-5-7-15)22-12-18(24)23-11-14-8-9-16(26-19(20)21)17(10-14)25-2/h3-10,13,19,22H,11-12H2,1-2H3,(H,23,24)/p+1/t13-/m0/s1. The van der Waals surface area contributed by atoms with Gasteiger partial charge in [-0.1, -0.05) is 36.4 Å². The Labute approximate surface area is 151 Å². The molecule has 0 saturated heterocycles. The Balaban J connectivity index is 1.83. The lowest BCUT2D eigenvalue weighted by Gasteiger charge is -2.13. The summed E-state index contributed by atoms with van der Waals surface area (Å²) in [4.78, 5) is 12.0. The molecule has 0 aliphatic rings. The topological polar surface area (TPSA) is 64.2 Å². The Morgan fingerprint density at radius 3 is 2.54 bits per heavy atom. The van der Waals surface area contributed by atoms with Gasteiger partial charge in [0.1, 0.15) is 6.04 Å². The highest BCUT2D eigenvalue weighted by Crippen LogP contribution is 2.29. The van der Waals surface area contributed by atoms with E-state index >= 15 is 0 Å². The van der Waals surface area contributed by atoms with E-state index < -0.39 is 6.61 Å². The van der Waals surface area contributed by atoms with Crippen LogP contribution in [0.5, 0.6) is 11.5 Å². The molecule has 3 N–H and O–H groups in total. The van der Waals surface area contributed by atoms with Crippen molar-refractivity contribution in [2.75, 3.05) is 13.7 Å².